The minimum Gasteiger partial charge on any atom is -0.394 e. The molecule has 1 aromatic carbocycles. The SMILES string of the molecule is CCCCCCOC[C@@H](CO)OCc1ccccc1. The first kappa shape index (κ1) is 16.2. The van der Waals surface area contributed by atoms with Crippen LogP contribution in [0.15, 0.2) is 30.3 Å². The zero-order valence-electron chi connectivity index (χ0n) is 11.9. The molecule has 3 nitrogen and oxygen atoms in total. The Morgan fingerprint density at radius 1 is 1.11 bits per heavy atom. The molecule has 0 aliphatic carbocycles. The molecular formula is C16H26O3. The van der Waals surface area contributed by atoms with E-state index in [4.69, 9.17) is 9.47 Å². The van der Waals surface area contributed by atoms with Crippen molar-refractivity contribution >= 4 is 0 Å². The maximum atomic E-state index is 9.24. The van der Waals surface area contributed by atoms with Gasteiger partial charge in [0.1, 0.15) is 6.10 Å². The third-order valence-electron chi connectivity index (χ3n) is 2.98. The van der Waals surface area contributed by atoms with Crippen LogP contribution in [0.3, 0.4) is 0 Å². The Bertz CT molecular complexity index is 300. The topological polar surface area (TPSA) is 38.7 Å². The summed E-state index contributed by atoms with van der Waals surface area (Å²) in [6.07, 6.45) is 4.57. The second-order valence-electron chi connectivity index (χ2n) is 4.74. The number of rotatable bonds is 11. The largest absolute Gasteiger partial charge is 0.394 e. The first-order chi connectivity index (χ1) is 9.36. The molecule has 0 bridgehead atoms. The Kier molecular flexibility index (Phi) is 9.33. The summed E-state index contributed by atoms with van der Waals surface area (Å²) in [5.41, 5.74) is 1.11. The van der Waals surface area contributed by atoms with Crippen molar-refractivity contribution in [2.24, 2.45) is 0 Å². The van der Waals surface area contributed by atoms with E-state index >= 15 is 0 Å². The van der Waals surface area contributed by atoms with Gasteiger partial charge in [0, 0.05) is 6.61 Å². The number of benzene rings is 1. The van der Waals surface area contributed by atoms with Gasteiger partial charge in [0.25, 0.3) is 0 Å². The quantitative estimate of drug-likeness (QED) is 0.625. The Morgan fingerprint density at radius 3 is 2.58 bits per heavy atom. The molecule has 108 valence electrons. The van der Waals surface area contributed by atoms with Crippen LogP contribution in [0, 0.1) is 0 Å². The minimum atomic E-state index is -0.230. The summed E-state index contributed by atoms with van der Waals surface area (Å²) in [5, 5.41) is 9.24. The van der Waals surface area contributed by atoms with Gasteiger partial charge in [-0.15, -0.1) is 0 Å². The molecule has 1 aromatic rings. The summed E-state index contributed by atoms with van der Waals surface area (Å²) in [4.78, 5) is 0. The van der Waals surface area contributed by atoms with Gasteiger partial charge in [-0.25, -0.2) is 0 Å². The highest BCUT2D eigenvalue weighted by atomic mass is 16.5. The molecular weight excluding hydrogens is 240 g/mol. The van der Waals surface area contributed by atoms with Crippen LogP contribution in [-0.4, -0.2) is 31.0 Å². The number of hydrogen-bond acceptors (Lipinski definition) is 3. The van der Waals surface area contributed by atoms with Crippen LogP contribution in [0.2, 0.25) is 0 Å². The fraction of sp³-hybridized carbons (Fsp3) is 0.625. The Labute approximate surface area is 116 Å². The Morgan fingerprint density at radius 2 is 1.89 bits per heavy atom. The van der Waals surface area contributed by atoms with Crippen molar-refractivity contribution < 1.29 is 14.6 Å². The maximum absolute atomic E-state index is 9.24. The van der Waals surface area contributed by atoms with Crippen LogP contribution in [-0.2, 0) is 16.1 Å². The van der Waals surface area contributed by atoms with Gasteiger partial charge in [0.15, 0.2) is 0 Å². The van der Waals surface area contributed by atoms with Crippen molar-refractivity contribution in [2.75, 3.05) is 19.8 Å². The molecule has 0 spiro atoms. The second kappa shape index (κ2) is 11.0. The summed E-state index contributed by atoms with van der Waals surface area (Å²) >= 11 is 0. The molecule has 0 heterocycles. The highest BCUT2D eigenvalue weighted by Crippen LogP contribution is 2.04. The van der Waals surface area contributed by atoms with Crippen molar-refractivity contribution in [1.82, 2.24) is 0 Å². The summed E-state index contributed by atoms with van der Waals surface area (Å²) in [6, 6.07) is 9.97. The second-order valence-corrected chi connectivity index (χ2v) is 4.74. The van der Waals surface area contributed by atoms with Gasteiger partial charge < -0.3 is 14.6 Å². The van der Waals surface area contributed by atoms with E-state index in [1.165, 1.54) is 19.3 Å². The lowest BCUT2D eigenvalue weighted by Crippen LogP contribution is -2.24. The molecule has 1 atom stereocenters. The van der Waals surface area contributed by atoms with E-state index in [1.807, 2.05) is 30.3 Å². The highest BCUT2D eigenvalue weighted by molar-refractivity contribution is 5.13. The standard InChI is InChI=1S/C16H26O3/c1-2-3-4-8-11-18-14-16(12-17)19-13-15-9-6-5-7-10-15/h5-7,9-10,16-17H,2-4,8,11-14H2,1H3/t16-/m1/s1. The Hall–Kier alpha value is -0.900. The molecule has 0 saturated carbocycles. The molecule has 0 amide bonds. The lowest BCUT2D eigenvalue weighted by Gasteiger charge is -2.15. The van der Waals surface area contributed by atoms with E-state index in [2.05, 4.69) is 6.92 Å². The number of aliphatic hydroxyl groups is 1. The van der Waals surface area contributed by atoms with Crippen LogP contribution in [0.5, 0.6) is 0 Å². The van der Waals surface area contributed by atoms with E-state index < -0.39 is 0 Å². The van der Waals surface area contributed by atoms with Crippen LogP contribution in [0.25, 0.3) is 0 Å². The lowest BCUT2D eigenvalue weighted by molar-refractivity contribution is -0.0502. The van der Waals surface area contributed by atoms with E-state index in [1.54, 1.807) is 0 Å². The number of hydrogen-bond donors (Lipinski definition) is 1. The van der Waals surface area contributed by atoms with E-state index in [0.29, 0.717) is 13.2 Å². The predicted molar refractivity (Wildman–Crippen MR) is 77.1 cm³/mol. The number of ether oxygens (including phenoxy) is 2. The summed E-state index contributed by atoms with van der Waals surface area (Å²) < 4.78 is 11.2. The van der Waals surface area contributed by atoms with Gasteiger partial charge in [-0.2, -0.15) is 0 Å². The van der Waals surface area contributed by atoms with Gasteiger partial charge in [-0.3, -0.25) is 0 Å². The van der Waals surface area contributed by atoms with Crippen molar-refractivity contribution in [3.63, 3.8) is 0 Å². The molecule has 0 unspecified atom stereocenters. The first-order valence-corrected chi connectivity index (χ1v) is 7.21. The molecule has 0 aliphatic heterocycles. The summed E-state index contributed by atoms with van der Waals surface area (Å²) in [5.74, 6) is 0. The molecule has 0 aliphatic rings. The monoisotopic (exact) mass is 266 g/mol. The lowest BCUT2D eigenvalue weighted by atomic mass is 10.2. The number of unbranched alkanes of at least 4 members (excludes halogenated alkanes) is 3. The first-order valence-electron chi connectivity index (χ1n) is 7.21. The summed E-state index contributed by atoms with van der Waals surface area (Å²) in [6.45, 7) is 3.94. The van der Waals surface area contributed by atoms with Crippen LogP contribution in [0.1, 0.15) is 38.2 Å². The van der Waals surface area contributed by atoms with Gasteiger partial charge >= 0.3 is 0 Å². The maximum Gasteiger partial charge on any atom is 0.104 e. The van der Waals surface area contributed by atoms with E-state index in [-0.39, 0.29) is 12.7 Å². The van der Waals surface area contributed by atoms with Crippen LogP contribution in [0.4, 0.5) is 0 Å². The Balaban J connectivity index is 2.09. The van der Waals surface area contributed by atoms with Crippen LogP contribution >= 0.6 is 0 Å². The van der Waals surface area contributed by atoms with Crippen LogP contribution < -0.4 is 0 Å². The zero-order valence-corrected chi connectivity index (χ0v) is 11.9. The van der Waals surface area contributed by atoms with Crippen molar-refractivity contribution in [2.45, 2.75) is 45.3 Å². The summed E-state index contributed by atoms with van der Waals surface area (Å²) in [7, 11) is 0. The smallest absolute Gasteiger partial charge is 0.104 e. The van der Waals surface area contributed by atoms with E-state index in [0.717, 1.165) is 18.6 Å². The molecule has 0 fully saturated rings. The normalized spacial score (nSPS) is 12.5. The molecule has 0 radical (unpaired) electrons. The van der Waals surface area contributed by atoms with Crippen molar-refractivity contribution in [3.8, 4) is 0 Å². The fourth-order valence-corrected chi connectivity index (χ4v) is 1.79. The van der Waals surface area contributed by atoms with Gasteiger partial charge in [-0.05, 0) is 12.0 Å². The molecule has 0 saturated heterocycles. The minimum absolute atomic E-state index is 0.00178. The molecule has 1 rings (SSSR count). The van der Waals surface area contributed by atoms with Crippen molar-refractivity contribution in [1.29, 1.82) is 0 Å². The van der Waals surface area contributed by atoms with E-state index in [9.17, 15) is 5.11 Å². The third kappa shape index (κ3) is 7.98. The third-order valence-corrected chi connectivity index (χ3v) is 2.98. The molecule has 3 heteroatoms. The molecule has 1 N–H and O–H groups in total. The number of aliphatic hydroxyl groups excluding tert-OH is 1. The average molecular weight is 266 g/mol. The highest BCUT2D eigenvalue weighted by Gasteiger charge is 2.08. The molecule has 19 heavy (non-hydrogen) atoms. The fourth-order valence-electron chi connectivity index (χ4n) is 1.79. The molecule has 0 aromatic heterocycles. The zero-order chi connectivity index (χ0) is 13.8. The van der Waals surface area contributed by atoms with Gasteiger partial charge in [0.2, 0.25) is 0 Å². The van der Waals surface area contributed by atoms with Crippen molar-refractivity contribution in [3.05, 3.63) is 35.9 Å². The van der Waals surface area contributed by atoms with Gasteiger partial charge in [0.05, 0.1) is 19.8 Å². The van der Waals surface area contributed by atoms with Gasteiger partial charge in [-0.1, -0.05) is 56.5 Å². The average Bonchev–Trinajstić information content (AvgIpc) is 2.47. The predicted octanol–water partition coefficient (Wildman–Crippen LogP) is 3.16.